The summed E-state index contributed by atoms with van der Waals surface area (Å²) in [6.45, 7) is 5.42. The van der Waals surface area contributed by atoms with Crippen LogP contribution in [0.2, 0.25) is 0 Å². The fourth-order valence-corrected chi connectivity index (χ4v) is 2.80. The minimum Gasteiger partial charge on any atom is -0.383 e. The predicted molar refractivity (Wildman–Crippen MR) is 109 cm³/mol. The molecular weight excluding hydrogens is 349 g/mol. The molecule has 1 aliphatic rings. The first-order valence-corrected chi connectivity index (χ1v) is 8.88. The highest BCUT2D eigenvalue weighted by molar-refractivity contribution is 6.61. The van der Waals surface area contributed by atoms with Crippen molar-refractivity contribution in [2.75, 3.05) is 39.1 Å². The van der Waals surface area contributed by atoms with Crippen molar-refractivity contribution in [1.29, 1.82) is 0 Å². The summed E-state index contributed by atoms with van der Waals surface area (Å²) in [5, 5.41) is 0. The lowest BCUT2D eigenvalue weighted by atomic mass is 9.81. The molecule has 0 aromatic heterocycles. The number of amidine groups is 1. The maximum absolute atomic E-state index is 13.6. The Morgan fingerprint density at radius 3 is 2.44 bits per heavy atom. The van der Waals surface area contributed by atoms with Gasteiger partial charge < -0.3 is 9.80 Å². The molecule has 1 heterocycles. The van der Waals surface area contributed by atoms with Gasteiger partial charge in [0, 0.05) is 51.6 Å². The highest BCUT2D eigenvalue weighted by atomic mass is 19.2. The van der Waals surface area contributed by atoms with Crippen molar-refractivity contribution in [2.45, 2.75) is 13.8 Å². The van der Waals surface area contributed by atoms with Crippen LogP contribution in [0, 0.1) is 0 Å². The normalized spacial score (nSPS) is 15.7. The van der Waals surface area contributed by atoms with Crippen LogP contribution in [0.1, 0.15) is 19.4 Å². The molecular formula is C19H25BF2N4O. The molecule has 0 atom stereocenters. The van der Waals surface area contributed by atoms with Crippen molar-refractivity contribution in [3.05, 3.63) is 41.7 Å². The summed E-state index contributed by atoms with van der Waals surface area (Å²) in [5.74, 6) is 0.153. The van der Waals surface area contributed by atoms with E-state index in [4.69, 9.17) is 0 Å². The Morgan fingerprint density at radius 2 is 1.89 bits per heavy atom. The zero-order valence-corrected chi connectivity index (χ0v) is 16.4. The number of rotatable bonds is 7. The third-order valence-electron chi connectivity index (χ3n) is 4.35. The number of nitrogens with zero attached hydrogens (tertiary/aromatic N) is 4. The van der Waals surface area contributed by atoms with Crippen LogP contribution in [0.3, 0.4) is 0 Å². The zero-order chi connectivity index (χ0) is 20.1. The summed E-state index contributed by atoms with van der Waals surface area (Å²) in [7, 11) is 2.69. The number of aliphatic imine (C=N–C) groups is 1. The third-order valence-corrected chi connectivity index (χ3v) is 4.35. The van der Waals surface area contributed by atoms with Crippen molar-refractivity contribution in [1.82, 2.24) is 9.80 Å². The van der Waals surface area contributed by atoms with Gasteiger partial charge in [-0.3, -0.25) is 18.3 Å². The van der Waals surface area contributed by atoms with E-state index in [-0.39, 0.29) is 17.1 Å². The molecule has 0 bridgehead atoms. The van der Waals surface area contributed by atoms with Gasteiger partial charge in [0.15, 0.2) is 0 Å². The molecule has 0 fully saturated rings. The molecule has 27 heavy (non-hydrogen) atoms. The van der Waals surface area contributed by atoms with Gasteiger partial charge in [-0.05, 0) is 43.7 Å². The molecule has 0 N–H and O–H groups in total. The Labute approximate surface area is 159 Å². The lowest BCUT2D eigenvalue weighted by Crippen LogP contribution is -2.28. The molecule has 5 nitrogen and oxygen atoms in total. The molecule has 0 unspecified atom stereocenters. The van der Waals surface area contributed by atoms with Gasteiger partial charge in [0.25, 0.3) is 5.91 Å². The summed E-state index contributed by atoms with van der Waals surface area (Å²) in [4.78, 5) is 21.9. The number of halogens is 2. The predicted octanol–water partition coefficient (Wildman–Crippen LogP) is 2.45. The van der Waals surface area contributed by atoms with E-state index in [9.17, 15) is 13.4 Å². The molecule has 2 rings (SSSR count). The van der Waals surface area contributed by atoms with E-state index in [1.807, 2.05) is 37.7 Å². The number of amides is 1. The Kier molecular flexibility index (Phi) is 6.77. The first kappa shape index (κ1) is 20.7. The molecule has 144 valence electrons. The van der Waals surface area contributed by atoms with Gasteiger partial charge in [0.2, 0.25) is 0 Å². The smallest absolute Gasteiger partial charge is 0.383 e. The number of carbonyl (C=O) groups is 1. The number of likely N-dealkylation sites (N-methyl/N-ethyl adjacent to an activating group) is 1. The van der Waals surface area contributed by atoms with E-state index in [2.05, 4.69) is 4.99 Å². The van der Waals surface area contributed by atoms with E-state index in [1.165, 1.54) is 17.0 Å². The molecule has 0 aliphatic carbocycles. The summed E-state index contributed by atoms with van der Waals surface area (Å²) in [6.07, 6.45) is 4.91. The highest BCUT2D eigenvalue weighted by Crippen LogP contribution is 2.20. The van der Waals surface area contributed by atoms with Crippen molar-refractivity contribution in [3.8, 4) is 0 Å². The van der Waals surface area contributed by atoms with Crippen molar-refractivity contribution < 1.29 is 13.4 Å². The number of benzene rings is 1. The molecule has 0 spiro atoms. The number of hydrogen-bond donors (Lipinski definition) is 0. The highest BCUT2D eigenvalue weighted by Gasteiger charge is 2.27. The fraction of sp³-hybridized carbons (Fsp3) is 0.368. The fourth-order valence-electron chi connectivity index (χ4n) is 2.80. The van der Waals surface area contributed by atoms with Crippen LogP contribution in [0.5, 0.6) is 0 Å². The minimum atomic E-state index is -2.64. The van der Waals surface area contributed by atoms with Crippen molar-refractivity contribution in [2.24, 2.45) is 4.99 Å². The Balaban J connectivity index is 2.44. The van der Waals surface area contributed by atoms with Gasteiger partial charge in [-0.1, -0.05) is 6.07 Å². The monoisotopic (exact) mass is 374 g/mol. The summed E-state index contributed by atoms with van der Waals surface area (Å²) in [5.41, 5.74) is 1.09. The molecule has 8 heteroatoms. The molecule has 1 aromatic rings. The third kappa shape index (κ3) is 4.75. The average Bonchev–Trinajstić information content (AvgIpc) is 2.89. The van der Waals surface area contributed by atoms with Crippen LogP contribution < -0.4 is 10.4 Å². The Hall–Kier alpha value is -2.64. The second-order valence-corrected chi connectivity index (χ2v) is 6.43. The topological polar surface area (TPSA) is 39.1 Å². The summed E-state index contributed by atoms with van der Waals surface area (Å²) in [6, 6.07) is 4.91. The Morgan fingerprint density at radius 1 is 1.22 bits per heavy atom. The Bertz CT molecular complexity index is 786. The van der Waals surface area contributed by atoms with Gasteiger partial charge in [-0.2, -0.15) is 0 Å². The van der Waals surface area contributed by atoms with Crippen molar-refractivity contribution >= 4 is 36.2 Å². The average molecular weight is 374 g/mol. The van der Waals surface area contributed by atoms with E-state index in [1.54, 1.807) is 31.5 Å². The molecule has 1 aromatic carbocycles. The summed E-state index contributed by atoms with van der Waals surface area (Å²) >= 11 is 0. The van der Waals surface area contributed by atoms with E-state index < -0.39 is 7.27 Å². The number of anilines is 1. The largest absolute Gasteiger partial charge is 0.572 e. The van der Waals surface area contributed by atoms with Crippen molar-refractivity contribution in [3.63, 3.8) is 0 Å². The standard InChI is InChI=1S/C19H25BF2N4O/c1-6-26(7-2)15-9-8-14(16(13-15)20(21)22)12-17-19(27)25(5)18(23-17)10-11-24(3)4/h8-13H,6-7H2,1-5H3. The second-order valence-electron chi connectivity index (χ2n) is 6.43. The second kappa shape index (κ2) is 8.84. The zero-order valence-electron chi connectivity index (χ0n) is 16.4. The van der Waals surface area contributed by atoms with Gasteiger partial charge >= 0.3 is 7.27 Å². The van der Waals surface area contributed by atoms with Crippen LogP contribution in [0.4, 0.5) is 14.3 Å². The lowest BCUT2D eigenvalue weighted by Gasteiger charge is -2.22. The quantitative estimate of drug-likeness (QED) is 0.544. The van der Waals surface area contributed by atoms with E-state index in [0.717, 1.165) is 18.8 Å². The molecule has 1 amide bonds. The van der Waals surface area contributed by atoms with E-state index >= 15 is 0 Å². The molecule has 0 radical (unpaired) electrons. The molecule has 1 aliphatic heterocycles. The van der Waals surface area contributed by atoms with Crippen LogP contribution in [0.25, 0.3) is 6.08 Å². The van der Waals surface area contributed by atoms with Gasteiger partial charge in [-0.25, -0.2) is 4.99 Å². The van der Waals surface area contributed by atoms with Crippen LogP contribution in [-0.4, -0.2) is 63.0 Å². The number of hydrogen-bond acceptors (Lipinski definition) is 4. The van der Waals surface area contributed by atoms with Crippen LogP contribution in [0.15, 0.2) is 41.2 Å². The summed E-state index contributed by atoms with van der Waals surface area (Å²) < 4.78 is 27.2. The maximum atomic E-state index is 13.6. The van der Waals surface area contributed by atoms with Crippen LogP contribution >= 0.6 is 0 Å². The minimum absolute atomic E-state index is 0.102. The maximum Gasteiger partial charge on any atom is 0.572 e. The van der Waals surface area contributed by atoms with Crippen LogP contribution in [-0.2, 0) is 4.79 Å². The van der Waals surface area contributed by atoms with Gasteiger partial charge in [0.1, 0.15) is 11.5 Å². The SMILES string of the molecule is CCN(CC)c1ccc(C=C2N=C(C=CN(C)C)N(C)C2=O)c(B(F)F)c1. The first-order chi connectivity index (χ1) is 12.8. The first-order valence-electron chi connectivity index (χ1n) is 8.88. The van der Waals surface area contributed by atoms with Gasteiger partial charge in [0.05, 0.1) is 0 Å². The number of carbonyl (C=O) groups excluding carboxylic acids is 1. The molecule has 0 saturated carbocycles. The van der Waals surface area contributed by atoms with E-state index in [0.29, 0.717) is 11.4 Å². The molecule has 0 saturated heterocycles. The lowest BCUT2D eigenvalue weighted by molar-refractivity contribution is -0.121. The van der Waals surface area contributed by atoms with Gasteiger partial charge in [-0.15, -0.1) is 0 Å².